The maximum absolute atomic E-state index is 5.66. The van der Waals surface area contributed by atoms with Crippen molar-refractivity contribution in [3.8, 4) is 22.6 Å². The van der Waals surface area contributed by atoms with E-state index in [1.54, 1.807) is 0 Å². The van der Waals surface area contributed by atoms with Gasteiger partial charge in [0, 0.05) is 34.1 Å². The van der Waals surface area contributed by atoms with Crippen molar-refractivity contribution < 1.29 is 4.52 Å². The summed E-state index contributed by atoms with van der Waals surface area (Å²) in [4.78, 5) is 11.5. The minimum Gasteiger partial charge on any atom is -0.338 e. The molecule has 146 valence electrons. The van der Waals surface area contributed by atoms with Crippen LogP contribution in [0, 0.1) is 0 Å². The van der Waals surface area contributed by atoms with E-state index >= 15 is 0 Å². The predicted molar refractivity (Wildman–Crippen MR) is 123 cm³/mol. The van der Waals surface area contributed by atoms with Crippen LogP contribution >= 0.6 is 15.9 Å². The molecule has 5 nitrogen and oxygen atoms in total. The number of rotatable bonds is 4. The first-order chi connectivity index (χ1) is 14.7. The predicted octanol–water partition coefficient (Wildman–Crippen LogP) is 6.48. The van der Waals surface area contributed by atoms with Gasteiger partial charge < -0.3 is 4.52 Å². The van der Waals surface area contributed by atoms with Gasteiger partial charge in [-0.25, -0.2) is 9.97 Å². The van der Waals surface area contributed by atoms with Crippen molar-refractivity contribution in [3.63, 3.8) is 0 Å². The summed E-state index contributed by atoms with van der Waals surface area (Å²) < 4.78 is 6.69. The highest BCUT2D eigenvalue weighted by Gasteiger charge is 2.18. The topological polar surface area (TPSA) is 55.1 Å². The minimum atomic E-state index is 0.607. The Morgan fingerprint density at radius 2 is 1.53 bits per heavy atom. The molecule has 6 heteroatoms. The first-order valence-electron chi connectivity index (χ1n) is 9.47. The van der Waals surface area contributed by atoms with Gasteiger partial charge in [-0.1, -0.05) is 75.7 Å². The molecular formula is C24H17BrN4O. The first-order valence-corrected chi connectivity index (χ1v) is 10.3. The van der Waals surface area contributed by atoms with Crippen LogP contribution in [0.25, 0.3) is 33.5 Å². The summed E-state index contributed by atoms with van der Waals surface area (Å²) in [5.41, 5.74) is 3.59. The van der Waals surface area contributed by atoms with E-state index in [4.69, 9.17) is 14.5 Å². The molecule has 0 bridgehead atoms. The van der Waals surface area contributed by atoms with Crippen LogP contribution in [0.2, 0.25) is 0 Å². The molecule has 0 atom stereocenters. The number of halogens is 1. The zero-order valence-corrected chi connectivity index (χ0v) is 17.7. The van der Waals surface area contributed by atoms with Crippen LogP contribution in [0.5, 0.6) is 0 Å². The van der Waals surface area contributed by atoms with Crippen LogP contribution in [0.1, 0.15) is 0 Å². The summed E-state index contributed by atoms with van der Waals surface area (Å²) >= 11 is 3.46. The number of benzene rings is 3. The van der Waals surface area contributed by atoms with E-state index in [1.165, 1.54) is 0 Å². The minimum absolute atomic E-state index is 0.607. The van der Waals surface area contributed by atoms with Crippen molar-refractivity contribution in [2.24, 2.45) is 0 Å². The van der Waals surface area contributed by atoms with Gasteiger partial charge in [0.05, 0.1) is 5.52 Å². The molecule has 0 saturated heterocycles. The van der Waals surface area contributed by atoms with Crippen molar-refractivity contribution in [1.29, 1.82) is 0 Å². The fourth-order valence-corrected chi connectivity index (χ4v) is 3.58. The molecule has 30 heavy (non-hydrogen) atoms. The van der Waals surface area contributed by atoms with Crippen LogP contribution in [0.3, 0.4) is 0 Å². The van der Waals surface area contributed by atoms with E-state index in [2.05, 4.69) is 21.1 Å². The molecule has 2 heterocycles. The third-order valence-corrected chi connectivity index (χ3v) is 5.43. The van der Waals surface area contributed by atoms with Crippen LogP contribution < -0.4 is 4.90 Å². The lowest BCUT2D eigenvalue weighted by molar-refractivity contribution is 0.428. The van der Waals surface area contributed by atoms with Crippen molar-refractivity contribution in [1.82, 2.24) is 15.1 Å². The normalized spacial score (nSPS) is 11.0. The highest BCUT2D eigenvalue weighted by Crippen LogP contribution is 2.33. The van der Waals surface area contributed by atoms with E-state index in [0.29, 0.717) is 11.7 Å². The SMILES string of the molecule is CN(c1cc(-c2ccc(Br)cc2)no1)c1nc(-c2ccccc2)nc2ccccc12. The van der Waals surface area contributed by atoms with Gasteiger partial charge in [-0.3, -0.25) is 4.90 Å². The Bertz CT molecular complexity index is 1320. The Morgan fingerprint density at radius 1 is 0.800 bits per heavy atom. The van der Waals surface area contributed by atoms with Gasteiger partial charge in [0.25, 0.3) is 0 Å². The van der Waals surface area contributed by atoms with Crippen molar-refractivity contribution >= 4 is 38.5 Å². The standard InChI is InChI=1S/C24H17BrN4O/c1-29(22-15-21(28-30-22)16-11-13-18(25)14-12-16)24-19-9-5-6-10-20(19)26-23(27-24)17-7-3-2-4-8-17/h2-15H,1H3. The molecule has 5 aromatic rings. The number of hydrogen-bond donors (Lipinski definition) is 0. The van der Waals surface area contributed by atoms with Crippen molar-refractivity contribution in [2.45, 2.75) is 0 Å². The number of fused-ring (bicyclic) bond motifs is 1. The summed E-state index contributed by atoms with van der Waals surface area (Å²) in [6.45, 7) is 0. The molecule has 3 aromatic carbocycles. The molecule has 0 saturated carbocycles. The zero-order valence-electron chi connectivity index (χ0n) is 16.2. The Morgan fingerprint density at radius 3 is 2.33 bits per heavy atom. The molecule has 0 aliphatic heterocycles. The molecule has 0 amide bonds. The van der Waals surface area contributed by atoms with E-state index in [9.17, 15) is 0 Å². The molecule has 0 fully saturated rings. The van der Waals surface area contributed by atoms with Gasteiger partial charge >= 0.3 is 0 Å². The Labute approximate surface area is 182 Å². The molecule has 5 rings (SSSR count). The van der Waals surface area contributed by atoms with Gasteiger partial charge in [0.2, 0.25) is 5.88 Å². The lowest BCUT2D eigenvalue weighted by atomic mass is 10.1. The average molecular weight is 457 g/mol. The maximum Gasteiger partial charge on any atom is 0.233 e. The summed E-state index contributed by atoms with van der Waals surface area (Å²) in [5, 5.41) is 5.19. The molecule has 0 N–H and O–H groups in total. The molecule has 0 radical (unpaired) electrons. The third-order valence-electron chi connectivity index (χ3n) is 4.90. The van der Waals surface area contributed by atoms with Crippen molar-refractivity contribution in [2.75, 3.05) is 11.9 Å². The average Bonchev–Trinajstić information content (AvgIpc) is 3.29. The highest BCUT2D eigenvalue weighted by atomic mass is 79.9. The van der Waals surface area contributed by atoms with Gasteiger partial charge in [-0.15, -0.1) is 0 Å². The fraction of sp³-hybridized carbons (Fsp3) is 0.0417. The van der Waals surface area contributed by atoms with Gasteiger partial charge in [-0.2, -0.15) is 0 Å². The quantitative estimate of drug-likeness (QED) is 0.309. The van der Waals surface area contributed by atoms with E-state index in [-0.39, 0.29) is 0 Å². The largest absolute Gasteiger partial charge is 0.338 e. The van der Waals surface area contributed by atoms with Gasteiger partial charge in [-0.05, 0) is 24.3 Å². The summed E-state index contributed by atoms with van der Waals surface area (Å²) in [6, 6.07) is 27.8. The number of anilines is 2. The van der Waals surface area contributed by atoms with E-state index < -0.39 is 0 Å². The molecule has 0 unspecified atom stereocenters. The number of para-hydroxylation sites is 1. The van der Waals surface area contributed by atoms with Crippen LogP contribution in [0.15, 0.2) is 93.9 Å². The third kappa shape index (κ3) is 3.46. The Hall–Kier alpha value is -3.51. The molecule has 2 aromatic heterocycles. The fourth-order valence-electron chi connectivity index (χ4n) is 3.32. The number of hydrogen-bond acceptors (Lipinski definition) is 5. The first kappa shape index (κ1) is 18.5. The second-order valence-electron chi connectivity index (χ2n) is 6.87. The Kier molecular flexibility index (Phi) is 4.77. The zero-order chi connectivity index (χ0) is 20.5. The second-order valence-corrected chi connectivity index (χ2v) is 7.79. The smallest absolute Gasteiger partial charge is 0.233 e. The van der Waals surface area contributed by atoms with Gasteiger partial charge in [0.1, 0.15) is 11.5 Å². The molecule has 0 spiro atoms. The summed E-state index contributed by atoms with van der Waals surface area (Å²) in [7, 11) is 1.93. The molecular weight excluding hydrogens is 440 g/mol. The van der Waals surface area contributed by atoms with Crippen molar-refractivity contribution in [3.05, 3.63) is 89.4 Å². The van der Waals surface area contributed by atoms with Gasteiger partial charge in [0.15, 0.2) is 5.82 Å². The lowest BCUT2D eigenvalue weighted by Crippen LogP contribution is -2.12. The maximum atomic E-state index is 5.66. The summed E-state index contributed by atoms with van der Waals surface area (Å²) in [6.07, 6.45) is 0. The van der Waals surface area contributed by atoms with E-state index in [0.717, 1.165) is 38.0 Å². The Balaban J connectivity index is 1.59. The van der Waals surface area contributed by atoms with E-state index in [1.807, 2.05) is 96.9 Å². The van der Waals surface area contributed by atoms with Crippen LogP contribution in [-0.2, 0) is 0 Å². The summed E-state index contributed by atoms with van der Waals surface area (Å²) in [5.74, 6) is 2.04. The monoisotopic (exact) mass is 456 g/mol. The molecule has 0 aliphatic carbocycles. The number of nitrogens with zero attached hydrogens (tertiary/aromatic N) is 4. The highest BCUT2D eigenvalue weighted by molar-refractivity contribution is 9.10. The van der Waals surface area contributed by atoms with Crippen LogP contribution in [-0.4, -0.2) is 22.2 Å². The second kappa shape index (κ2) is 7.72. The lowest BCUT2D eigenvalue weighted by Gasteiger charge is -2.17. The number of aromatic nitrogens is 3. The molecule has 0 aliphatic rings. The van der Waals surface area contributed by atoms with Crippen LogP contribution in [0.4, 0.5) is 11.7 Å².